The van der Waals surface area contributed by atoms with E-state index in [1.165, 1.54) is 31.7 Å². The number of hydrogen-bond acceptors (Lipinski definition) is 3. The van der Waals surface area contributed by atoms with Gasteiger partial charge in [0, 0.05) is 35.3 Å². The molecule has 2 aromatic carbocycles. The molecule has 1 saturated heterocycles. The van der Waals surface area contributed by atoms with E-state index >= 15 is 0 Å². The van der Waals surface area contributed by atoms with Crippen LogP contribution in [0.4, 0.5) is 10.1 Å². The number of benzene rings is 2. The summed E-state index contributed by atoms with van der Waals surface area (Å²) in [5.41, 5.74) is 1.13. The lowest BCUT2D eigenvalue weighted by atomic mass is 9.78. The van der Waals surface area contributed by atoms with E-state index in [0.717, 1.165) is 18.7 Å². The Morgan fingerprint density at radius 2 is 1.79 bits per heavy atom. The standard InChI is InChI=1S/C22H25Cl2FN2O.C8H15NO/c1-22(2,3)11-18-19(21(28)27-14-7-4-6-13(23)10-14)16(12-26-18)15-8-5-9-17(24)20(15)25;1-7-2-4-8(5-3-7)9-6-10/h4-10,16,18-19,26H,11-12H2,1-3H3,(H,27,28);6-8H,2-5H2,1H3,(H,9,10). The molecule has 1 aliphatic heterocycles. The third kappa shape index (κ3) is 8.69. The summed E-state index contributed by atoms with van der Waals surface area (Å²) in [7, 11) is 0. The molecule has 1 saturated carbocycles. The molecule has 38 heavy (non-hydrogen) atoms. The zero-order valence-electron chi connectivity index (χ0n) is 22.7. The van der Waals surface area contributed by atoms with Crippen molar-refractivity contribution in [2.45, 2.75) is 77.8 Å². The predicted octanol–water partition coefficient (Wildman–Crippen LogP) is 7.19. The van der Waals surface area contributed by atoms with Crippen LogP contribution in [-0.2, 0) is 9.59 Å². The van der Waals surface area contributed by atoms with E-state index in [9.17, 15) is 14.0 Å². The highest BCUT2D eigenvalue weighted by atomic mass is 35.5. The topological polar surface area (TPSA) is 70.2 Å². The Morgan fingerprint density at radius 3 is 2.42 bits per heavy atom. The summed E-state index contributed by atoms with van der Waals surface area (Å²) in [6.45, 7) is 9.19. The monoisotopic (exact) mass is 563 g/mol. The van der Waals surface area contributed by atoms with Crippen LogP contribution in [0.1, 0.15) is 71.3 Å². The van der Waals surface area contributed by atoms with E-state index < -0.39 is 11.7 Å². The van der Waals surface area contributed by atoms with Crippen LogP contribution in [0.25, 0.3) is 0 Å². The van der Waals surface area contributed by atoms with Crippen LogP contribution in [0.2, 0.25) is 10.0 Å². The van der Waals surface area contributed by atoms with E-state index in [2.05, 4.69) is 43.6 Å². The van der Waals surface area contributed by atoms with Crippen LogP contribution in [-0.4, -0.2) is 30.9 Å². The van der Waals surface area contributed by atoms with Gasteiger partial charge in [-0.3, -0.25) is 9.59 Å². The highest BCUT2D eigenvalue weighted by molar-refractivity contribution is 6.31. The Bertz CT molecular complexity index is 1080. The molecule has 8 heteroatoms. The maximum atomic E-state index is 14.7. The largest absolute Gasteiger partial charge is 0.356 e. The smallest absolute Gasteiger partial charge is 0.229 e. The van der Waals surface area contributed by atoms with E-state index in [1.54, 1.807) is 36.4 Å². The van der Waals surface area contributed by atoms with Gasteiger partial charge in [0.2, 0.25) is 12.3 Å². The predicted molar refractivity (Wildman–Crippen MR) is 154 cm³/mol. The van der Waals surface area contributed by atoms with Crippen molar-refractivity contribution in [3.05, 3.63) is 63.9 Å². The number of carbonyl (C=O) groups excluding carboxylic acids is 2. The minimum atomic E-state index is -0.451. The van der Waals surface area contributed by atoms with Gasteiger partial charge in [-0.1, -0.05) is 69.1 Å². The molecular weight excluding hydrogens is 524 g/mol. The van der Waals surface area contributed by atoms with Gasteiger partial charge in [0.05, 0.1) is 10.9 Å². The molecule has 0 radical (unpaired) electrons. The lowest BCUT2D eigenvalue weighted by Crippen LogP contribution is -2.38. The molecule has 4 rings (SSSR count). The average molecular weight is 565 g/mol. The summed E-state index contributed by atoms with van der Waals surface area (Å²) in [4.78, 5) is 23.3. The molecule has 2 fully saturated rings. The summed E-state index contributed by atoms with van der Waals surface area (Å²) in [6, 6.07) is 12.4. The quantitative estimate of drug-likeness (QED) is 0.325. The second-order valence-electron chi connectivity index (χ2n) is 11.8. The van der Waals surface area contributed by atoms with Crippen LogP contribution in [0.5, 0.6) is 0 Å². The summed E-state index contributed by atoms with van der Waals surface area (Å²) < 4.78 is 14.7. The molecule has 1 aliphatic carbocycles. The molecule has 208 valence electrons. The van der Waals surface area contributed by atoms with Crippen LogP contribution < -0.4 is 16.0 Å². The second kappa shape index (κ2) is 13.8. The molecule has 2 aliphatic rings. The minimum absolute atomic E-state index is 0.0218. The minimum Gasteiger partial charge on any atom is -0.356 e. The van der Waals surface area contributed by atoms with Crippen molar-refractivity contribution in [1.82, 2.24) is 10.6 Å². The van der Waals surface area contributed by atoms with Crippen molar-refractivity contribution < 1.29 is 14.0 Å². The van der Waals surface area contributed by atoms with E-state index in [4.69, 9.17) is 23.2 Å². The summed E-state index contributed by atoms with van der Waals surface area (Å²) in [5, 5.41) is 9.84. The number of hydrogen-bond donors (Lipinski definition) is 3. The van der Waals surface area contributed by atoms with Gasteiger partial charge in [-0.15, -0.1) is 0 Å². The lowest BCUT2D eigenvalue weighted by Gasteiger charge is -2.29. The third-order valence-corrected chi connectivity index (χ3v) is 7.92. The van der Waals surface area contributed by atoms with Crippen LogP contribution in [0.3, 0.4) is 0 Å². The molecule has 2 aromatic rings. The number of rotatable bonds is 6. The van der Waals surface area contributed by atoms with Gasteiger partial charge in [0.1, 0.15) is 5.82 Å². The van der Waals surface area contributed by atoms with Gasteiger partial charge in [-0.25, -0.2) is 4.39 Å². The summed E-state index contributed by atoms with van der Waals surface area (Å²) in [5.74, 6) is -0.458. The summed E-state index contributed by atoms with van der Waals surface area (Å²) in [6.07, 6.45) is 6.48. The molecule has 3 N–H and O–H groups in total. The molecule has 1 heterocycles. The number of anilines is 1. The zero-order valence-corrected chi connectivity index (χ0v) is 24.2. The highest BCUT2D eigenvalue weighted by Crippen LogP contribution is 2.39. The maximum Gasteiger partial charge on any atom is 0.229 e. The van der Waals surface area contributed by atoms with Crippen molar-refractivity contribution in [2.24, 2.45) is 17.3 Å². The summed E-state index contributed by atoms with van der Waals surface area (Å²) >= 11 is 12.0. The fraction of sp³-hybridized carbons (Fsp3) is 0.533. The van der Waals surface area contributed by atoms with Gasteiger partial charge < -0.3 is 16.0 Å². The van der Waals surface area contributed by atoms with E-state index in [-0.39, 0.29) is 28.3 Å². The number of halogens is 3. The van der Waals surface area contributed by atoms with Crippen molar-refractivity contribution in [3.63, 3.8) is 0 Å². The zero-order chi connectivity index (χ0) is 27.9. The fourth-order valence-corrected chi connectivity index (χ4v) is 5.83. The Kier molecular flexibility index (Phi) is 11.0. The van der Waals surface area contributed by atoms with Crippen molar-refractivity contribution in [2.75, 3.05) is 11.9 Å². The first kappa shape index (κ1) is 30.4. The van der Waals surface area contributed by atoms with Crippen LogP contribution in [0, 0.1) is 23.1 Å². The molecule has 0 spiro atoms. The van der Waals surface area contributed by atoms with Crippen LogP contribution in [0.15, 0.2) is 42.5 Å². The normalized spacial score (nSPS) is 25.2. The molecule has 2 amide bonds. The van der Waals surface area contributed by atoms with Crippen molar-refractivity contribution in [3.8, 4) is 0 Å². The Hall–Kier alpha value is -2.15. The van der Waals surface area contributed by atoms with Crippen molar-refractivity contribution in [1.29, 1.82) is 0 Å². The SMILES string of the molecule is CC(C)(C)CC1NCC(c2cccc(Cl)c2F)C1C(=O)Nc1cccc(Cl)c1.CC1CCC(NC=O)CC1. The Morgan fingerprint density at radius 1 is 1.11 bits per heavy atom. The molecule has 0 aromatic heterocycles. The first-order chi connectivity index (χ1) is 18.0. The highest BCUT2D eigenvalue weighted by Gasteiger charge is 2.44. The first-order valence-electron chi connectivity index (χ1n) is 13.4. The van der Waals surface area contributed by atoms with Crippen molar-refractivity contribution >= 4 is 41.2 Å². The van der Waals surface area contributed by atoms with Gasteiger partial charge in [-0.05, 0) is 73.3 Å². The molecule has 3 atom stereocenters. The molecule has 0 bridgehead atoms. The first-order valence-corrected chi connectivity index (χ1v) is 14.2. The second-order valence-corrected chi connectivity index (χ2v) is 12.6. The van der Waals surface area contributed by atoms with Gasteiger partial charge in [0.15, 0.2) is 0 Å². The third-order valence-electron chi connectivity index (χ3n) is 7.39. The number of carbonyl (C=O) groups is 2. The fourth-order valence-electron chi connectivity index (χ4n) is 5.46. The Labute approximate surface area is 236 Å². The lowest BCUT2D eigenvalue weighted by molar-refractivity contribution is -0.120. The molecule has 5 nitrogen and oxygen atoms in total. The van der Waals surface area contributed by atoms with E-state index in [0.29, 0.717) is 28.9 Å². The molecule has 3 unspecified atom stereocenters. The average Bonchev–Trinajstić information content (AvgIpc) is 3.24. The Balaban J connectivity index is 0.000000336. The maximum absolute atomic E-state index is 14.7. The van der Waals surface area contributed by atoms with Gasteiger partial charge >= 0.3 is 0 Å². The number of nitrogens with one attached hydrogen (secondary N) is 3. The van der Waals surface area contributed by atoms with Crippen LogP contribution >= 0.6 is 23.2 Å². The number of amides is 2. The van der Waals surface area contributed by atoms with E-state index in [1.807, 2.05) is 0 Å². The van der Waals surface area contributed by atoms with Gasteiger partial charge in [-0.2, -0.15) is 0 Å². The molecular formula is C30H40Cl2FN3O2. The van der Waals surface area contributed by atoms with Gasteiger partial charge in [0.25, 0.3) is 0 Å².